The Morgan fingerprint density at radius 3 is 2.67 bits per heavy atom. The third-order valence-corrected chi connectivity index (χ3v) is 4.35. The Labute approximate surface area is 138 Å². The molecule has 1 aromatic heterocycles. The van der Waals surface area contributed by atoms with Crippen LogP contribution in [0.2, 0.25) is 0 Å². The summed E-state index contributed by atoms with van der Waals surface area (Å²) in [5, 5.41) is 3.42. The van der Waals surface area contributed by atoms with Crippen LogP contribution in [0.15, 0.2) is 23.1 Å². The van der Waals surface area contributed by atoms with E-state index in [1.807, 2.05) is 11.8 Å². The first-order valence-electron chi connectivity index (χ1n) is 7.97. The van der Waals surface area contributed by atoms with Crippen LogP contribution in [-0.4, -0.2) is 43.8 Å². The van der Waals surface area contributed by atoms with Gasteiger partial charge in [0.05, 0.1) is 31.4 Å². The summed E-state index contributed by atoms with van der Waals surface area (Å²) in [5.41, 5.74) is 0.509. The second-order valence-electron chi connectivity index (χ2n) is 5.71. The minimum absolute atomic E-state index is 0.0822. The minimum Gasteiger partial charge on any atom is -0.465 e. The van der Waals surface area contributed by atoms with Crippen LogP contribution >= 0.6 is 0 Å². The molecule has 2 heterocycles. The Morgan fingerprint density at radius 1 is 1.33 bits per heavy atom. The van der Waals surface area contributed by atoms with Gasteiger partial charge < -0.3 is 14.2 Å². The number of methoxy groups -OCH3 is 1. The van der Waals surface area contributed by atoms with Gasteiger partial charge in [-0.05, 0) is 19.1 Å². The SMILES string of the molecule is CCn1cc(C(=O)OC)c(=O)c2cc(F)c(N3CC[NH+]CC3)cc21. The zero-order valence-electron chi connectivity index (χ0n) is 13.8. The number of hydrogen-bond donors (Lipinski definition) is 1. The predicted molar refractivity (Wildman–Crippen MR) is 88.1 cm³/mol. The second kappa shape index (κ2) is 6.60. The number of nitrogens with zero attached hydrogens (tertiary/aromatic N) is 2. The van der Waals surface area contributed by atoms with E-state index in [0.29, 0.717) is 30.8 Å². The quantitative estimate of drug-likeness (QED) is 0.810. The zero-order chi connectivity index (χ0) is 17.3. The molecular weight excluding hydrogens is 313 g/mol. The number of hydrogen-bond acceptors (Lipinski definition) is 5. The van der Waals surface area contributed by atoms with Crippen molar-refractivity contribution in [1.82, 2.24) is 4.57 Å². The highest BCUT2D eigenvalue weighted by atomic mass is 19.1. The molecule has 7 heteroatoms. The highest BCUT2D eigenvalue weighted by Crippen LogP contribution is 2.25. The zero-order valence-corrected chi connectivity index (χ0v) is 13.8. The van der Waals surface area contributed by atoms with E-state index in [9.17, 15) is 14.0 Å². The molecule has 127 valence electrons. The Balaban J connectivity index is 2.22. The van der Waals surface area contributed by atoms with Crippen LogP contribution in [0.4, 0.5) is 10.1 Å². The van der Waals surface area contributed by atoms with E-state index >= 15 is 0 Å². The van der Waals surface area contributed by atoms with Gasteiger partial charge in [0.25, 0.3) is 0 Å². The highest BCUT2D eigenvalue weighted by Gasteiger charge is 2.22. The van der Waals surface area contributed by atoms with E-state index in [1.165, 1.54) is 19.4 Å². The summed E-state index contributed by atoms with van der Waals surface area (Å²) in [5.74, 6) is -1.16. The number of carbonyl (C=O) groups is 1. The first kappa shape index (κ1) is 16.4. The fourth-order valence-corrected chi connectivity index (χ4v) is 3.06. The second-order valence-corrected chi connectivity index (χ2v) is 5.71. The molecular formula is C17H20FN3O3+. The van der Waals surface area contributed by atoms with Crippen molar-refractivity contribution in [1.29, 1.82) is 0 Å². The van der Waals surface area contributed by atoms with Gasteiger partial charge in [-0.1, -0.05) is 0 Å². The van der Waals surface area contributed by atoms with Gasteiger partial charge in [-0.3, -0.25) is 4.79 Å². The molecule has 0 amide bonds. The molecule has 1 aliphatic rings. The largest absolute Gasteiger partial charge is 0.465 e. The van der Waals surface area contributed by atoms with E-state index in [2.05, 4.69) is 10.1 Å². The van der Waals surface area contributed by atoms with Crippen LogP contribution in [0.25, 0.3) is 10.9 Å². The third-order valence-electron chi connectivity index (χ3n) is 4.35. The summed E-state index contributed by atoms with van der Waals surface area (Å²) < 4.78 is 21.0. The van der Waals surface area contributed by atoms with Crippen molar-refractivity contribution < 1.29 is 19.2 Å². The lowest BCUT2D eigenvalue weighted by atomic mass is 10.1. The number of esters is 1. The smallest absolute Gasteiger partial charge is 0.343 e. The average Bonchev–Trinajstić information content (AvgIpc) is 2.62. The number of aromatic nitrogens is 1. The maximum atomic E-state index is 14.6. The molecule has 0 saturated carbocycles. The van der Waals surface area contributed by atoms with Crippen LogP contribution in [0.3, 0.4) is 0 Å². The number of aryl methyl sites for hydroxylation is 1. The predicted octanol–water partition coefficient (Wildman–Crippen LogP) is 0.116. The number of anilines is 1. The van der Waals surface area contributed by atoms with E-state index in [-0.39, 0.29) is 10.9 Å². The molecule has 1 N–H and O–H groups in total. The molecule has 0 unspecified atom stereocenters. The fraction of sp³-hybridized carbons (Fsp3) is 0.412. The summed E-state index contributed by atoms with van der Waals surface area (Å²) >= 11 is 0. The molecule has 1 aliphatic heterocycles. The number of benzene rings is 1. The minimum atomic E-state index is -0.712. The van der Waals surface area contributed by atoms with Crippen molar-refractivity contribution in [2.75, 3.05) is 38.2 Å². The molecule has 6 nitrogen and oxygen atoms in total. The summed E-state index contributed by atoms with van der Waals surface area (Å²) in [6.45, 7) is 5.45. The number of fused-ring (bicyclic) bond motifs is 1. The van der Waals surface area contributed by atoms with Gasteiger partial charge in [0.2, 0.25) is 5.43 Å². The Kier molecular flexibility index (Phi) is 4.53. The summed E-state index contributed by atoms with van der Waals surface area (Å²) in [6, 6.07) is 2.93. The number of piperazine rings is 1. The fourth-order valence-electron chi connectivity index (χ4n) is 3.06. The molecule has 1 aromatic carbocycles. The lowest BCUT2D eigenvalue weighted by Crippen LogP contribution is -2.89. The van der Waals surface area contributed by atoms with Crippen LogP contribution in [-0.2, 0) is 11.3 Å². The van der Waals surface area contributed by atoms with Gasteiger partial charge in [-0.15, -0.1) is 0 Å². The highest BCUT2D eigenvalue weighted by molar-refractivity contribution is 5.94. The summed E-state index contributed by atoms with van der Waals surface area (Å²) in [6.07, 6.45) is 1.48. The van der Waals surface area contributed by atoms with E-state index in [4.69, 9.17) is 0 Å². The van der Waals surface area contributed by atoms with E-state index < -0.39 is 17.2 Å². The number of rotatable bonds is 3. The maximum Gasteiger partial charge on any atom is 0.343 e. The Hall–Kier alpha value is -2.41. The number of ether oxygens (including phenoxy) is 1. The van der Waals surface area contributed by atoms with Crippen LogP contribution in [0.1, 0.15) is 17.3 Å². The standard InChI is InChI=1S/C17H20FN3O3/c1-3-20-10-12(17(23)24-2)16(22)11-8-13(18)15(9-14(11)20)21-6-4-19-5-7-21/h8-10,19H,3-7H2,1-2H3/q+1. The van der Waals surface area contributed by atoms with Crippen molar-refractivity contribution in [3.63, 3.8) is 0 Å². The average molecular weight is 333 g/mol. The molecule has 0 atom stereocenters. The van der Waals surface area contributed by atoms with Gasteiger partial charge in [-0.25, -0.2) is 9.18 Å². The summed E-state index contributed by atoms with van der Waals surface area (Å²) in [4.78, 5) is 26.3. The Morgan fingerprint density at radius 2 is 2.04 bits per heavy atom. The molecule has 3 rings (SSSR count). The molecule has 1 saturated heterocycles. The van der Waals surface area contributed by atoms with Crippen LogP contribution in [0, 0.1) is 5.82 Å². The topological polar surface area (TPSA) is 67.1 Å². The molecule has 2 aromatic rings. The van der Waals surface area contributed by atoms with Gasteiger partial charge in [0.15, 0.2) is 0 Å². The van der Waals surface area contributed by atoms with Crippen molar-refractivity contribution in [3.05, 3.63) is 39.9 Å². The van der Waals surface area contributed by atoms with Gasteiger partial charge >= 0.3 is 5.97 Å². The van der Waals surface area contributed by atoms with E-state index in [1.54, 1.807) is 10.6 Å². The maximum absolute atomic E-state index is 14.6. The first-order chi connectivity index (χ1) is 11.6. The molecule has 0 aliphatic carbocycles. The number of carbonyl (C=O) groups excluding carboxylic acids is 1. The van der Waals surface area contributed by atoms with Crippen molar-refractivity contribution in [2.24, 2.45) is 0 Å². The van der Waals surface area contributed by atoms with E-state index in [0.717, 1.165) is 13.1 Å². The monoisotopic (exact) mass is 333 g/mol. The van der Waals surface area contributed by atoms with Crippen molar-refractivity contribution >= 4 is 22.6 Å². The molecule has 1 radical (unpaired) electrons. The van der Waals surface area contributed by atoms with Crippen molar-refractivity contribution in [2.45, 2.75) is 13.5 Å². The first-order valence-corrected chi connectivity index (χ1v) is 7.97. The number of nitrogens with one attached hydrogen (secondary N) is 1. The normalized spacial score (nSPS) is 14.9. The molecule has 1 fully saturated rings. The van der Waals surface area contributed by atoms with Gasteiger partial charge in [0, 0.05) is 18.1 Å². The number of pyridine rings is 1. The lowest BCUT2D eigenvalue weighted by Gasteiger charge is -2.26. The molecule has 0 bridgehead atoms. The van der Waals surface area contributed by atoms with Gasteiger partial charge in [-0.2, -0.15) is 5.32 Å². The molecule has 0 spiro atoms. The van der Waals surface area contributed by atoms with Crippen LogP contribution < -0.4 is 15.6 Å². The van der Waals surface area contributed by atoms with Crippen molar-refractivity contribution in [3.8, 4) is 0 Å². The summed E-state index contributed by atoms with van der Waals surface area (Å²) in [7, 11) is 1.22. The lowest BCUT2D eigenvalue weighted by molar-refractivity contribution is -0.655. The van der Waals surface area contributed by atoms with Crippen LogP contribution in [0.5, 0.6) is 0 Å². The number of halogens is 1. The third kappa shape index (κ3) is 2.75. The Bertz CT molecular complexity index is 841. The van der Waals surface area contributed by atoms with Gasteiger partial charge in [0.1, 0.15) is 24.5 Å². The molecule has 24 heavy (non-hydrogen) atoms.